The molecule has 1 aliphatic heterocycles. The Morgan fingerprint density at radius 3 is 2.54 bits per heavy atom. The van der Waals surface area contributed by atoms with Crippen molar-refractivity contribution in [2.24, 2.45) is 0 Å². The van der Waals surface area contributed by atoms with E-state index in [1.807, 2.05) is 42.5 Å². The maximum absolute atomic E-state index is 12.8. The van der Waals surface area contributed by atoms with E-state index in [9.17, 15) is 8.42 Å². The van der Waals surface area contributed by atoms with Gasteiger partial charge >= 0.3 is 0 Å². The van der Waals surface area contributed by atoms with E-state index in [-0.39, 0.29) is 11.0 Å². The van der Waals surface area contributed by atoms with Crippen LogP contribution in [0.15, 0.2) is 71.6 Å². The van der Waals surface area contributed by atoms with Gasteiger partial charge in [0.1, 0.15) is 0 Å². The van der Waals surface area contributed by atoms with E-state index >= 15 is 0 Å². The van der Waals surface area contributed by atoms with Crippen LogP contribution in [-0.4, -0.2) is 39.6 Å². The summed E-state index contributed by atoms with van der Waals surface area (Å²) >= 11 is 0. The molecule has 0 saturated carbocycles. The second kappa shape index (κ2) is 7.91. The van der Waals surface area contributed by atoms with E-state index in [0.717, 1.165) is 42.6 Å². The molecule has 0 amide bonds. The number of hydrogen-bond donors (Lipinski definition) is 1. The zero-order valence-electron chi connectivity index (χ0n) is 15.8. The molecule has 0 spiro atoms. The SMILES string of the molecule is CCN1CCOC(c2ccc(NS(=O)(=O)c3ccc4ccccc4c3)cc2)C1. The largest absolute Gasteiger partial charge is 0.371 e. The van der Waals surface area contributed by atoms with E-state index < -0.39 is 10.0 Å². The molecule has 1 heterocycles. The molecule has 0 bridgehead atoms. The molecule has 146 valence electrons. The standard InChI is InChI=1S/C22H24N2O3S/c1-2-24-13-14-27-22(16-24)18-7-10-20(11-8-18)23-28(25,26)21-12-9-17-5-3-4-6-19(17)15-21/h3-12,15,22-23H,2,13-14,16H2,1H3. The number of hydrogen-bond acceptors (Lipinski definition) is 4. The second-order valence-corrected chi connectivity index (χ2v) is 8.67. The molecule has 3 aromatic rings. The highest BCUT2D eigenvalue weighted by atomic mass is 32.2. The number of anilines is 1. The molecule has 1 atom stereocenters. The van der Waals surface area contributed by atoms with Gasteiger partial charge in [0.05, 0.1) is 17.6 Å². The molecule has 1 N–H and O–H groups in total. The first kappa shape index (κ1) is 18.9. The van der Waals surface area contributed by atoms with E-state index in [0.29, 0.717) is 5.69 Å². The van der Waals surface area contributed by atoms with Gasteiger partial charge in [-0.25, -0.2) is 8.42 Å². The fourth-order valence-corrected chi connectivity index (χ4v) is 4.60. The van der Waals surface area contributed by atoms with Crippen LogP contribution < -0.4 is 4.72 Å². The van der Waals surface area contributed by atoms with Crippen molar-refractivity contribution in [2.45, 2.75) is 17.9 Å². The number of sulfonamides is 1. The van der Waals surface area contributed by atoms with Crippen LogP contribution in [0.3, 0.4) is 0 Å². The summed E-state index contributed by atoms with van der Waals surface area (Å²) in [5.41, 5.74) is 1.60. The van der Waals surface area contributed by atoms with Crippen LogP contribution in [0.1, 0.15) is 18.6 Å². The van der Waals surface area contributed by atoms with Gasteiger partial charge < -0.3 is 4.74 Å². The number of nitrogens with one attached hydrogen (secondary N) is 1. The lowest BCUT2D eigenvalue weighted by Gasteiger charge is -2.32. The topological polar surface area (TPSA) is 58.6 Å². The first-order chi connectivity index (χ1) is 13.5. The third-order valence-corrected chi connectivity index (χ3v) is 6.54. The molecule has 1 fully saturated rings. The third kappa shape index (κ3) is 4.04. The highest BCUT2D eigenvalue weighted by Gasteiger charge is 2.21. The minimum Gasteiger partial charge on any atom is -0.371 e. The number of rotatable bonds is 5. The summed E-state index contributed by atoms with van der Waals surface area (Å²) in [6.07, 6.45) is 0.0276. The number of nitrogens with zero attached hydrogens (tertiary/aromatic N) is 1. The summed E-state index contributed by atoms with van der Waals surface area (Å²) in [7, 11) is -3.64. The molecule has 6 heteroatoms. The molecule has 28 heavy (non-hydrogen) atoms. The van der Waals surface area contributed by atoms with E-state index in [1.54, 1.807) is 24.3 Å². The Morgan fingerprint density at radius 1 is 1.04 bits per heavy atom. The predicted molar refractivity (Wildman–Crippen MR) is 112 cm³/mol. The minimum absolute atomic E-state index is 0.0276. The average molecular weight is 397 g/mol. The lowest BCUT2D eigenvalue weighted by Crippen LogP contribution is -2.38. The molecule has 5 nitrogen and oxygen atoms in total. The van der Waals surface area contributed by atoms with Gasteiger partial charge in [0.2, 0.25) is 0 Å². The number of ether oxygens (including phenoxy) is 1. The van der Waals surface area contributed by atoms with Crippen molar-refractivity contribution in [1.82, 2.24) is 4.90 Å². The average Bonchev–Trinajstić information content (AvgIpc) is 2.73. The normalized spacial score (nSPS) is 18.2. The number of fused-ring (bicyclic) bond motifs is 1. The number of benzene rings is 3. The van der Waals surface area contributed by atoms with Crippen LogP contribution in [0.4, 0.5) is 5.69 Å². The molecule has 3 aromatic carbocycles. The van der Waals surface area contributed by atoms with Crippen LogP contribution in [0, 0.1) is 0 Å². The van der Waals surface area contributed by atoms with Gasteiger partial charge in [0.25, 0.3) is 10.0 Å². The van der Waals surface area contributed by atoms with E-state index in [4.69, 9.17) is 4.74 Å². The Labute approximate surface area is 166 Å². The Balaban J connectivity index is 1.51. The lowest BCUT2D eigenvalue weighted by atomic mass is 10.1. The van der Waals surface area contributed by atoms with Gasteiger partial charge in [-0.05, 0) is 47.1 Å². The summed E-state index contributed by atoms with van der Waals surface area (Å²) in [6.45, 7) is 5.68. The summed E-state index contributed by atoms with van der Waals surface area (Å²) in [4.78, 5) is 2.61. The molecule has 0 radical (unpaired) electrons. The molecular formula is C22H24N2O3S. The maximum atomic E-state index is 12.8. The van der Waals surface area contributed by atoms with Gasteiger partial charge in [-0.15, -0.1) is 0 Å². The van der Waals surface area contributed by atoms with Crippen molar-refractivity contribution in [3.8, 4) is 0 Å². The molecule has 0 aromatic heterocycles. The lowest BCUT2D eigenvalue weighted by molar-refractivity contribution is -0.0281. The molecule has 0 aliphatic carbocycles. The van der Waals surface area contributed by atoms with Crippen LogP contribution >= 0.6 is 0 Å². The second-order valence-electron chi connectivity index (χ2n) is 6.99. The van der Waals surface area contributed by atoms with Crippen molar-refractivity contribution < 1.29 is 13.2 Å². The highest BCUT2D eigenvalue weighted by molar-refractivity contribution is 7.92. The summed E-state index contributed by atoms with van der Waals surface area (Å²) in [5.74, 6) is 0. The van der Waals surface area contributed by atoms with Gasteiger partial charge in [-0.3, -0.25) is 9.62 Å². The van der Waals surface area contributed by atoms with Crippen LogP contribution in [-0.2, 0) is 14.8 Å². The Kier molecular flexibility index (Phi) is 5.35. The van der Waals surface area contributed by atoms with Crippen molar-refractivity contribution in [3.63, 3.8) is 0 Å². The number of likely N-dealkylation sites (N-methyl/N-ethyl adjacent to an activating group) is 1. The van der Waals surface area contributed by atoms with Crippen molar-refractivity contribution in [3.05, 3.63) is 72.3 Å². The predicted octanol–water partition coefficient (Wildman–Crippen LogP) is 4.03. The van der Waals surface area contributed by atoms with Gasteiger partial charge in [-0.2, -0.15) is 0 Å². The fourth-order valence-electron chi connectivity index (χ4n) is 3.51. The smallest absolute Gasteiger partial charge is 0.261 e. The molecule has 1 aliphatic rings. The van der Waals surface area contributed by atoms with Crippen LogP contribution in [0.5, 0.6) is 0 Å². The Morgan fingerprint density at radius 2 is 1.79 bits per heavy atom. The zero-order valence-corrected chi connectivity index (χ0v) is 16.7. The van der Waals surface area contributed by atoms with Crippen molar-refractivity contribution in [1.29, 1.82) is 0 Å². The molecule has 1 saturated heterocycles. The Bertz CT molecular complexity index is 1060. The van der Waals surface area contributed by atoms with Crippen molar-refractivity contribution >= 4 is 26.5 Å². The first-order valence-corrected chi connectivity index (χ1v) is 11.0. The highest BCUT2D eigenvalue weighted by Crippen LogP contribution is 2.25. The van der Waals surface area contributed by atoms with Crippen LogP contribution in [0.25, 0.3) is 10.8 Å². The monoisotopic (exact) mass is 396 g/mol. The van der Waals surface area contributed by atoms with E-state index in [2.05, 4.69) is 16.5 Å². The summed E-state index contributed by atoms with van der Waals surface area (Å²) in [5, 5.41) is 1.91. The molecule has 1 unspecified atom stereocenters. The fraction of sp³-hybridized carbons (Fsp3) is 0.273. The quantitative estimate of drug-likeness (QED) is 0.707. The van der Waals surface area contributed by atoms with Gasteiger partial charge in [0.15, 0.2) is 0 Å². The summed E-state index contributed by atoms with van der Waals surface area (Å²) in [6, 6.07) is 20.3. The molecule has 4 rings (SSSR count). The third-order valence-electron chi connectivity index (χ3n) is 5.16. The van der Waals surface area contributed by atoms with Crippen molar-refractivity contribution in [2.75, 3.05) is 31.0 Å². The summed E-state index contributed by atoms with van der Waals surface area (Å²) < 4.78 is 34.1. The van der Waals surface area contributed by atoms with Crippen LogP contribution in [0.2, 0.25) is 0 Å². The maximum Gasteiger partial charge on any atom is 0.261 e. The van der Waals surface area contributed by atoms with E-state index in [1.165, 1.54) is 0 Å². The molecular weight excluding hydrogens is 372 g/mol. The Hall–Kier alpha value is -2.41. The number of morpholine rings is 1. The minimum atomic E-state index is -3.64. The zero-order chi connectivity index (χ0) is 19.6. The van der Waals surface area contributed by atoms with Gasteiger partial charge in [-0.1, -0.05) is 49.4 Å². The first-order valence-electron chi connectivity index (χ1n) is 9.51. The van der Waals surface area contributed by atoms with Gasteiger partial charge in [0, 0.05) is 18.8 Å².